The quantitative estimate of drug-likeness (QED) is 0.366. The number of para-hydroxylation sites is 1. The average molecular weight is 338 g/mol. The van der Waals surface area contributed by atoms with Crippen LogP contribution in [0.1, 0.15) is 32.9 Å². The lowest BCUT2D eigenvalue weighted by Gasteiger charge is -2.05. The SMILES string of the molecule is O=C(NO)c1ccc(CCCNC(=O)c2cc3ccccc3o2)cc1. The number of carbonyl (C=O) groups is 2. The van der Waals surface area contributed by atoms with E-state index in [9.17, 15) is 9.59 Å². The number of hydrogen-bond donors (Lipinski definition) is 3. The zero-order valence-corrected chi connectivity index (χ0v) is 13.5. The zero-order chi connectivity index (χ0) is 17.6. The third kappa shape index (κ3) is 4.05. The van der Waals surface area contributed by atoms with Gasteiger partial charge in [-0.25, -0.2) is 5.48 Å². The number of benzene rings is 2. The molecule has 25 heavy (non-hydrogen) atoms. The van der Waals surface area contributed by atoms with Crippen molar-refractivity contribution in [1.82, 2.24) is 10.8 Å². The fraction of sp³-hybridized carbons (Fsp3) is 0.158. The summed E-state index contributed by atoms with van der Waals surface area (Å²) in [7, 11) is 0. The monoisotopic (exact) mass is 338 g/mol. The summed E-state index contributed by atoms with van der Waals surface area (Å²) in [5.74, 6) is -0.462. The largest absolute Gasteiger partial charge is 0.451 e. The second-order valence-corrected chi connectivity index (χ2v) is 5.65. The molecule has 3 N–H and O–H groups in total. The molecule has 3 aromatic rings. The first kappa shape index (κ1) is 16.7. The molecular formula is C19H18N2O4. The van der Waals surface area contributed by atoms with Crippen molar-refractivity contribution in [2.24, 2.45) is 0 Å². The number of carbonyl (C=O) groups excluding carboxylic acids is 2. The third-order valence-corrected chi connectivity index (χ3v) is 3.89. The maximum absolute atomic E-state index is 12.1. The van der Waals surface area contributed by atoms with Crippen molar-refractivity contribution in [3.63, 3.8) is 0 Å². The number of hydroxylamine groups is 1. The van der Waals surface area contributed by atoms with Gasteiger partial charge < -0.3 is 9.73 Å². The van der Waals surface area contributed by atoms with E-state index in [0.717, 1.165) is 23.8 Å². The predicted octanol–water partition coefficient (Wildman–Crippen LogP) is 2.91. The lowest BCUT2D eigenvalue weighted by Crippen LogP contribution is -2.24. The Hall–Kier alpha value is -3.12. The molecule has 0 aliphatic heterocycles. The van der Waals surface area contributed by atoms with Crippen molar-refractivity contribution in [3.8, 4) is 0 Å². The number of furan rings is 1. The Kier molecular flexibility index (Phi) is 5.11. The molecule has 0 fully saturated rings. The van der Waals surface area contributed by atoms with E-state index in [1.807, 2.05) is 36.4 Å². The van der Waals surface area contributed by atoms with E-state index in [0.29, 0.717) is 23.5 Å². The lowest BCUT2D eigenvalue weighted by molar-refractivity contribution is 0.0706. The highest BCUT2D eigenvalue weighted by Gasteiger charge is 2.11. The second kappa shape index (κ2) is 7.63. The van der Waals surface area contributed by atoms with Crippen molar-refractivity contribution in [3.05, 3.63) is 71.5 Å². The van der Waals surface area contributed by atoms with Crippen LogP contribution in [0.25, 0.3) is 11.0 Å². The minimum atomic E-state index is -0.537. The Bertz CT molecular complexity index is 851. The Balaban J connectivity index is 1.47. The Morgan fingerprint density at radius 1 is 1.00 bits per heavy atom. The number of amides is 2. The Morgan fingerprint density at radius 2 is 1.76 bits per heavy atom. The summed E-state index contributed by atoms with van der Waals surface area (Å²) in [6.45, 7) is 0.523. The molecule has 0 aliphatic rings. The maximum atomic E-state index is 12.1. The highest BCUT2D eigenvalue weighted by atomic mass is 16.5. The summed E-state index contributed by atoms with van der Waals surface area (Å²) in [5.41, 5.74) is 3.73. The first-order valence-corrected chi connectivity index (χ1v) is 7.97. The standard InChI is InChI=1S/C19H18N2O4/c22-18(21-24)14-9-7-13(8-10-14)4-3-11-20-19(23)17-12-15-5-1-2-6-16(15)25-17/h1-2,5-10,12,24H,3-4,11H2,(H,20,23)(H,21,22). The number of hydrogen-bond acceptors (Lipinski definition) is 4. The summed E-state index contributed by atoms with van der Waals surface area (Å²) < 4.78 is 5.52. The number of fused-ring (bicyclic) bond motifs is 1. The molecule has 0 bridgehead atoms. The molecule has 0 saturated carbocycles. The molecule has 2 aromatic carbocycles. The van der Waals surface area contributed by atoms with Crippen LogP contribution in [0.5, 0.6) is 0 Å². The van der Waals surface area contributed by atoms with Gasteiger partial charge >= 0.3 is 0 Å². The van der Waals surface area contributed by atoms with Crippen LogP contribution in [0.4, 0.5) is 0 Å². The average Bonchev–Trinajstić information content (AvgIpc) is 3.09. The van der Waals surface area contributed by atoms with Gasteiger partial charge in [0.2, 0.25) is 0 Å². The van der Waals surface area contributed by atoms with Crippen LogP contribution in [-0.2, 0) is 6.42 Å². The minimum absolute atomic E-state index is 0.230. The van der Waals surface area contributed by atoms with Gasteiger partial charge in [-0.3, -0.25) is 14.8 Å². The normalized spacial score (nSPS) is 10.6. The van der Waals surface area contributed by atoms with Gasteiger partial charge in [-0.15, -0.1) is 0 Å². The fourth-order valence-electron chi connectivity index (χ4n) is 2.56. The molecule has 0 spiro atoms. The molecule has 3 rings (SSSR count). The molecule has 0 saturated heterocycles. The van der Waals surface area contributed by atoms with Crippen LogP contribution in [0.15, 0.2) is 59.0 Å². The summed E-state index contributed by atoms with van der Waals surface area (Å²) >= 11 is 0. The van der Waals surface area contributed by atoms with E-state index in [1.165, 1.54) is 0 Å². The lowest BCUT2D eigenvalue weighted by atomic mass is 10.1. The van der Waals surface area contributed by atoms with Crippen molar-refractivity contribution in [1.29, 1.82) is 0 Å². The van der Waals surface area contributed by atoms with Gasteiger partial charge in [-0.2, -0.15) is 0 Å². The van der Waals surface area contributed by atoms with Crippen molar-refractivity contribution < 1.29 is 19.2 Å². The number of aryl methyl sites for hydroxylation is 1. The molecule has 1 aromatic heterocycles. The third-order valence-electron chi connectivity index (χ3n) is 3.89. The summed E-state index contributed by atoms with van der Waals surface area (Å²) in [4.78, 5) is 23.3. The van der Waals surface area contributed by atoms with Gasteiger partial charge in [-0.1, -0.05) is 30.3 Å². The van der Waals surface area contributed by atoms with Crippen LogP contribution < -0.4 is 10.8 Å². The molecule has 0 radical (unpaired) electrons. The topological polar surface area (TPSA) is 91.6 Å². The van der Waals surface area contributed by atoms with Crippen molar-refractivity contribution in [2.75, 3.05) is 6.54 Å². The maximum Gasteiger partial charge on any atom is 0.287 e. The molecule has 6 nitrogen and oxygen atoms in total. The van der Waals surface area contributed by atoms with E-state index < -0.39 is 5.91 Å². The Morgan fingerprint density at radius 3 is 2.48 bits per heavy atom. The van der Waals surface area contributed by atoms with Crippen molar-refractivity contribution >= 4 is 22.8 Å². The van der Waals surface area contributed by atoms with Gasteiger partial charge in [-0.05, 0) is 42.7 Å². The van der Waals surface area contributed by atoms with E-state index in [1.54, 1.807) is 23.7 Å². The highest BCUT2D eigenvalue weighted by molar-refractivity contribution is 5.96. The second-order valence-electron chi connectivity index (χ2n) is 5.65. The molecular weight excluding hydrogens is 320 g/mol. The highest BCUT2D eigenvalue weighted by Crippen LogP contribution is 2.18. The van der Waals surface area contributed by atoms with Crippen LogP contribution in [0.3, 0.4) is 0 Å². The number of rotatable bonds is 6. The predicted molar refractivity (Wildman–Crippen MR) is 92.6 cm³/mol. The van der Waals surface area contributed by atoms with Crippen LogP contribution >= 0.6 is 0 Å². The molecule has 128 valence electrons. The molecule has 6 heteroatoms. The summed E-state index contributed by atoms with van der Waals surface area (Å²) in [5, 5.41) is 12.3. The summed E-state index contributed by atoms with van der Waals surface area (Å²) in [6, 6.07) is 16.2. The summed E-state index contributed by atoms with van der Waals surface area (Å²) in [6.07, 6.45) is 1.53. The minimum Gasteiger partial charge on any atom is -0.451 e. The van der Waals surface area contributed by atoms with Crippen molar-refractivity contribution in [2.45, 2.75) is 12.8 Å². The van der Waals surface area contributed by atoms with Crippen LogP contribution in [0.2, 0.25) is 0 Å². The zero-order valence-electron chi connectivity index (χ0n) is 13.5. The molecule has 0 aliphatic carbocycles. The number of nitrogens with one attached hydrogen (secondary N) is 2. The van der Waals surface area contributed by atoms with E-state index in [-0.39, 0.29) is 5.91 Å². The van der Waals surface area contributed by atoms with Gasteiger partial charge in [0.15, 0.2) is 5.76 Å². The van der Waals surface area contributed by atoms with Gasteiger partial charge in [0.1, 0.15) is 5.58 Å². The fourth-order valence-corrected chi connectivity index (χ4v) is 2.56. The van der Waals surface area contributed by atoms with E-state index in [2.05, 4.69) is 5.32 Å². The molecule has 2 amide bonds. The van der Waals surface area contributed by atoms with Gasteiger partial charge in [0, 0.05) is 17.5 Å². The molecule has 0 unspecified atom stereocenters. The smallest absolute Gasteiger partial charge is 0.287 e. The van der Waals surface area contributed by atoms with Crippen LogP contribution in [0, 0.1) is 0 Å². The molecule has 1 heterocycles. The first-order chi connectivity index (χ1) is 12.2. The van der Waals surface area contributed by atoms with E-state index in [4.69, 9.17) is 9.62 Å². The Labute approximate surface area is 144 Å². The van der Waals surface area contributed by atoms with Gasteiger partial charge in [0.25, 0.3) is 11.8 Å². The first-order valence-electron chi connectivity index (χ1n) is 7.97. The molecule has 0 atom stereocenters. The van der Waals surface area contributed by atoms with Crippen LogP contribution in [-0.4, -0.2) is 23.6 Å². The van der Waals surface area contributed by atoms with E-state index >= 15 is 0 Å². The van der Waals surface area contributed by atoms with Gasteiger partial charge in [0.05, 0.1) is 0 Å².